The van der Waals surface area contributed by atoms with Crippen molar-refractivity contribution < 1.29 is 9.94 Å². The Balaban J connectivity index is 2.05. The molecular formula is C17H15ClN4O2. The van der Waals surface area contributed by atoms with Crippen LogP contribution < -0.4 is 4.74 Å². The quantitative estimate of drug-likeness (QED) is 0.337. The van der Waals surface area contributed by atoms with Crippen molar-refractivity contribution in [2.45, 2.75) is 13.8 Å². The third-order valence-corrected chi connectivity index (χ3v) is 3.67. The third kappa shape index (κ3) is 3.23. The number of oxime groups is 1. The molecule has 3 aromatic rings. The fraction of sp³-hybridized carbons (Fsp3) is 0.118. The van der Waals surface area contributed by atoms with Crippen molar-refractivity contribution >= 4 is 17.4 Å². The van der Waals surface area contributed by atoms with Gasteiger partial charge >= 0.3 is 0 Å². The van der Waals surface area contributed by atoms with Crippen LogP contribution >= 0.6 is 11.6 Å². The van der Waals surface area contributed by atoms with E-state index in [1.165, 1.54) is 0 Å². The van der Waals surface area contributed by atoms with Gasteiger partial charge in [-0.2, -0.15) is 0 Å². The monoisotopic (exact) mass is 342 g/mol. The molecule has 0 radical (unpaired) electrons. The Hall–Kier alpha value is -2.86. The molecule has 0 saturated carbocycles. The third-order valence-electron chi connectivity index (χ3n) is 3.42. The van der Waals surface area contributed by atoms with E-state index in [4.69, 9.17) is 16.3 Å². The van der Waals surface area contributed by atoms with Crippen LogP contribution in [-0.4, -0.2) is 25.6 Å². The zero-order valence-electron chi connectivity index (χ0n) is 13.1. The summed E-state index contributed by atoms with van der Waals surface area (Å²) in [5, 5.41) is 13.5. The highest BCUT2D eigenvalue weighted by Gasteiger charge is 2.17. The van der Waals surface area contributed by atoms with Gasteiger partial charge in [-0.1, -0.05) is 16.8 Å². The molecule has 0 unspecified atom stereocenters. The average molecular weight is 343 g/mol. The number of ether oxygens (including phenoxy) is 1. The smallest absolute Gasteiger partial charge is 0.230 e. The lowest BCUT2D eigenvalue weighted by atomic mass is 10.2. The second-order valence-corrected chi connectivity index (χ2v) is 5.57. The SMILES string of the molecule is Cc1ccc(/C(=N/O)n2ccnc2C)c(Oc2ccc(Cl)cc2)n1. The van der Waals surface area contributed by atoms with E-state index in [0.717, 1.165) is 5.69 Å². The average Bonchev–Trinajstić information content (AvgIpc) is 2.98. The molecule has 2 aromatic heterocycles. The summed E-state index contributed by atoms with van der Waals surface area (Å²) in [4.78, 5) is 8.57. The van der Waals surface area contributed by atoms with Crippen LogP contribution in [0.3, 0.4) is 0 Å². The van der Waals surface area contributed by atoms with E-state index in [1.54, 1.807) is 47.3 Å². The molecule has 0 aliphatic carbocycles. The molecule has 2 heterocycles. The van der Waals surface area contributed by atoms with Crippen molar-refractivity contribution in [2.24, 2.45) is 5.16 Å². The number of aromatic nitrogens is 3. The largest absolute Gasteiger partial charge is 0.438 e. The first kappa shape index (κ1) is 16.0. The molecule has 1 aromatic carbocycles. The van der Waals surface area contributed by atoms with Gasteiger partial charge in [-0.25, -0.2) is 9.97 Å². The van der Waals surface area contributed by atoms with Crippen LogP contribution in [0.25, 0.3) is 0 Å². The predicted octanol–water partition coefficient (Wildman–Crippen LogP) is 4.02. The highest BCUT2D eigenvalue weighted by Crippen LogP contribution is 2.26. The van der Waals surface area contributed by atoms with Crippen LogP contribution in [0.1, 0.15) is 17.1 Å². The second-order valence-electron chi connectivity index (χ2n) is 5.13. The van der Waals surface area contributed by atoms with Crippen molar-refractivity contribution in [3.05, 3.63) is 70.9 Å². The lowest BCUT2D eigenvalue weighted by Crippen LogP contribution is -2.16. The number of hydrogen-bond donors (Lipinski definition) is 1. The van der Waals surface area contributed by atoms with E-state index >= 15 is 0 Å². The minimum Gasteiger partial charge on any atom is -0.438 e. The number of hydrogen-bond acceptors (Lipinski definition) is 5. The first-order valence-electron chi connectivity index (χ1n) is 7.22. The molecule has 24 heavy (non-hydrogen) atoms. The van der Waals surface area contributed by atoms with Crippen LogP contribution in [0.5, 0.6) is 11.6 Å². The van der Waals surface area contributed by atoms with Gasteiger partial charge < -0.3 is 9.94 Å². The summed E-state index contributed by atoms with van der Waals surface area (Å²) in [5.74, 6) is 1.87. The maximum atomic E-state index is 9.51. The molecule has 0 aliphatic rings. The van der Waals surface area contributed by atoms with E-state index in [0.29, 0.717) is 28.0 Å². The number of pyridine rings is 1. The Kier molecular flexibility index (Phi) is 4.48. The normalized spacial score (nSPS) is 11.5. The zero-order chi connectivity index (χ0) is 17.1. The molecule has 0 fully saturated rings. The second kappa shape index (κ2) is 6.72. The van der Waals surface area contributed by atoms with E-state index in [-0.39, 0.29) is 5.84 Å². The minimum atomic E-state index is 0.279. The lowest BCUT2D eigenvalue weighted by Gasteiger charge is -2.13. The Morgan fingerprint density at radius 1 is 1.17 bits per heavy atom. The van der Waals surface area contributed by atoms with Gasteiger partial charge in [0.1, 0.15) is 11.6 Å². The summed E-state index contributed by atoms with van der Waals surface area (Å²) in [6.07, 6.45) is 3.33. The van der Waals surface area contributed by atoms with Gasteiger partial charge in [-0.3, -0.25) is 4.57 Å². The molecule has 1 N–H and O–H groups in total. The van der Waals surface area contributed by atoms with Crippen molar-refractivity contribution in [3.8, 4) is 11.6 Å². The van der Waals surface area contributed by atoms with E-state index in [1.807, 2.05) is 19.9 Å². The molecule has 0 aliphatic heterocycles. The minimum absolute atomic E-state index is 0.279. The molecule has 0 amide bonds. The first-order chi connectivity index (χ1) is 11.6. The van der Waals surface area contributed by atoms with Gasteiger partial charge in [0.25, 0.3) is 0 Å². The number of imidazole rings is 1. The van der Waals surface area contributed by atoms with E-state index in [2.05, 4.69) is 15.1 Å². The van der Waals surface area contributed by atoms with Gasteiger partial charge in [-0.15, -0.1) is 0 Å². The van der Waals surface area contributed by atoms with Crippen LogP contribution in [-0.2, 0) is 0 Å². The number of rotatable bonds is 3. The van der Waals surface area contributed by atoms with Gasteiger partial charge in [0, 0.05) is 23.1 Å². The summed E-state index contributed by atoms with van der Waals surface area (Å²) >= 11 is 5.90. The first-order valence-corrected chi connectivity index (χ1v) is 7.60. The van der Waals surface area contributed by atoms with Crippen LogP contribution in [0.4, 0.5) is 0 Å². The molecule has 122 valence electrons. The number of halogens is 1. The van der Waals surface area contributed by atoms with E-state index in [9.17, 15) is 5.21 Å². The molecule has 0 bridgehead atoms. The van der Waals surface area contributed by atoms with Crippen molar-refractivity contribution in [2.75, 3.05) is 0 Å². The van der Waals surface area contributed by atoms with Gasteiger partial charge in [-0.05, 0) is 50.2 Å². The summed E-state index contributed by atoms with van der Waals surface area (Å²) in [5.41, 5.74) is 1.32. The summed E-state index contributed by atoms with van der Waals surface area (Å²) in [6.45, 7) is 3.67. The highest BCUT2D eigenvalue weighted by atomic mass is 35.5. The van der Waals surface area contributed by atoms with Crippen LogP contribution in [0.15, 0.2) is 53.9 Å². The van der Waals surface area contributed by atoms with Crippen LogP contribution in [0, 0.1) is 13.8 Å². The molecule has 3 rings (SSSR count). The fourth-order valence-electron chi connectivity index (χ4n) is 2.23. The number of benzene rings is 1. The Morgan fingerprint density at radius 2 is 1.92 bits per heavy atom. The van der Waals surface area contributed by atoms with Crippen LogP contribution in [0.2, 0.25) is 5.02 Å². The van der Waals surface area contributed by atoms with E-state index < -0.39 is 0 Å². The Labute approximate surface area is 144 Å². The van der Waals surface area contributed by atoms with Crippen molar-refractivity contribution in [1.29, 1.82) is 0 Å². The number of aryl methyl sites for hydroxylation is 2. The summed E-state index contributed by atoms with van der Waals surface area (Å²) in [7, 11) is 0. The fourth-order valence-corrected chi connectivity index (χ4v) is 2.35. The Morgan fingerprint density at radius 3 is 2.54 bits per heavy atom. The van der Waals surface area contributed by atoms with Crippen molar-refractivity contribution in [3.63, 3.8) is 0 Å². The molecule has 7 heteroatoms. The molecule has 0 spiro atoms. The highest BCUT2D eigenvalue weighted by molar-refractivity contribution is 6.30. The summed E-state index contributed by atoms with van der Waals surface area (Å²) in [6, 6.07) is 10.6. The topological polar surface area (TPSA) is 72.5 Å². The maximum absolute atomic E-state index is 9.51. The maximum Gasteiger partial charge on any atom is 0.230 e. The molecule has 6 nitrogen and oxygen atoms in total. The lowest BCUT2D eigenvalue weighted by molar-refractivity contribution is 0.316. The predicted molar refractivity (Wildman–Crippen MR) is 91.2 cm³/mol. The van der Waals surface area contributed by atoms with Gasteiger partial charge in [0.15, 0.2) is 5.84 Å². The molecular weight excluding hydrogens is 328 g/mol. The van der Waals surface area contributed by atoms with Gasteiger partial charge in [0.05, 0.1) is 5.56 Å². The molecule has 0 saturated heterocycles. The molecule has 0 atom stereocenters. The van der Waals surface area contributed by atoms with Gasteiger partial charge in [0.2, 0.25) is 5.88 Å². The van der Waals surface area contributed by atoms with Crippen molar-refractivity contribution in [1.82, 2.24) is 14.5 Å². The Bertz CT molecular complexity index is 888. The summed E-state index contributed by atoms with van der Waals surface area (Å²) < 4.78 is 7.52. The standard InChI is InChI=1S/C17H15ClN4O2/c1-11-3-8-15(16(21-23)22-10-9-19-12(22)2)17(20-11)24-14-6-4-13(18)5-7-14/h3-10,23H,1-2H3/b21-16-. The zero-order valence-corrected chi connectivity index (χ0v) is 13.9. The number of nitrogens with zero attached hydrogens (tertiary/aromatic N) is 4.